The van der Waals surface area contributed by atoms with Gasteiger partial charge in [0.1, 0.15) is 0 Å². The Labute approximate surface area is 115 Å². The monoisotopic (exact) mass is 263 g/mol. The summed E-state index contributed by atoms with van der Waals surface area (Å²) in [5.74, 6) is 0.821. The first-order valence-electron chi connectivity index (χ1n) is 7.59. The maximum Gasteiger partial charge on any atom is 0.0641 e. The van der Waals surface area contributed by atoms with Crippen molar-refractivity contribution < 1.29 is 4.74 Å². The minimum Gasteiger partial charge on any atom is -0.381 e. The number of nitrogens with one attached hydrogen (secondary N) is 1. The van der Waals surface area contributed by atoms with E-state index in [1.165, 1.54) is 55.7 Å². The second-order valence-electron chi connectivity index (χ2n) is 6.06. The van der Waals surface area contributed by atoms with Crippen LogP contribution in [0, 0.1) is 19.8 Å². The largest absolute Gasteiger partial charge is 0.381 e. The van der Waals surface area contributed by atoms with Crippen LogP contribution in [0.2, 0.25) is 0 Å². The molecular weight excluding hydrogens is 238 g/mol. The van der Waals surface area contributed by atoms with Gasteiger partial charge in [-0.3, -0.25) is 10.00 Å². The maximum absolute atomic E-state index is 5.47. The number of ether oxygens (including phenoxy) is 1. The van der Waals surface area contributed by atoms with Gasteiger partial charge in [-0.1, -0.05) is 0 Å². The van der Waals surface area contributed by atoms with Crippen molar-refractivity contribution in [2.24, 2.45) is 5.92 Å². The highest BCUT2D eigenvalue weighted by Gasteiger charge is 2.31. The SMILES string of the molecule is Cc1n[nH]c(C)c1C1CCCN1CC1CCOCC1. The Bertz CT molecular complexity index is 404. The van der Waals surface area contributed by atoms with E-state index >= 15 is 0 Å². The molecule has 2 saturated heterocycles. The third-order valence-corrected chi connectivity index (χ3v) is 4.72. The van der Waals surface area contributed by atoms with Crippen LogP contribution >= 0.6 is 0 Å². The first-order valence-corrected chi connectivity index (χ1v) is 7.59. The number of H-pyrrole nitrogens is 1. The summed E-state index contributed by atoms with van der Waals surface area (Å²) < 4.78 is 5.47. The van der Waals surface area contributed by atoms with Crippen LogP contribution in [-0.4, -0.2) is 41.4 Å². The highest BCUT2D eigenvalue weighted by molar-refractivity contribution is 5.28. The first kappa shape index (κ1) is 13.1. The van der Waals surface area contributed by atoms with Gasteiger partial charge in [0.05, 0.1) is 5.69 Å². The van der Waals surface area contributed by atoms with Gasteiger partial charge in [0.25, 0.3) is 0 Å². The molecule has 0 spiro atoms. The molecule has 0 aromatic carbocycles. The van der Waals surface area contributed by atoms with Gasteiger partial charge in [0, 0.05) is 37.1 Å². The number of hydrogen-bond acceptors (Lipinski definition) is 3. The average molecular weight is 263 g/mol. The minimum atomic E-state index is 0.585. The number of likely N-dealkylation sites (tertiary alicyclic amines) is 1. The number of aromatic nitrogens is 2. The van der Waals surface area contributed by atoms with Crippen molar-refractivity contribution in [1.29, 1.82) is 0 Å². The zero-order chi connectivity index (χ0) is 13.2. The van der Waals surface area contributed by atoms with Crippen LogP contribution in [0.5, 0.6) is 0 Å². The van der Waals surface area contributed by atoms with Gasteiger partial charge in [0.2, 0.25) is 0 Å². The van der Waals surface area contributed by atoms with Gasteiger partial charge in [0.15, 0.2) is 0 Å². The zero-order valence-corrected chi connectivity index (χ0v) is 12.1. The number of rotatable bonds is 3. The lowest BCUT2D eigenvalue weighted by Crippen LogP contribution is -2.32. The lowest BCUT2D eigenvalue weighted by atomic mass is 9.97. The van der Waals surface area contributed by atoms with E-state index in [0.717, 1.165) is 19.1 Å². The minimum absolute atomic E-state index is 0.585. The van der Waals surface area contributed by atoms with Gasteiger partial charge in [-0.2, -0.15) is 5.10 Å². The molecule has 2 fully saturated rings. The maximum atomic E-state index is 5.47. The molecule has 1 unspecified atom stereocenters. The van der Waals surface area contributed by atoms with Crippen molar-refractivity contribution in [2.75, 3.05) is 26.3 Å². The Kier molecular flexibility index (Phi) is 3.89. The fraction of sp³-hybridized carbons (Fsp3) is 0.800. The summed E-state index contributed by atoms with van der Waals surface area (Å²) in [5.41, 5.74) is 3.88. The van der Waals surface area contributed by atoms with Gasteiger partial charge < -0.3 is 4.74 Å². The molecule has 2 aliphatic heterocycles. The Balaban J connectivity index is 1.70. The fourth-order valence-corrected chi connectivity index (χ4v) is 3.68. The first-order chi connectivity index (χ1) is 9.25. The Hall–Kier alpha value is -0.870. The number of hydrogen-bond donors (Lipinski definition) is 1. The van der Waals surface area contributed by atoms with E-state index < -0.39 is 0 Å². The Morgan fingerprint density at radius 2 is 2.05 bits per heavy atom. The van der Waals surface area contributed by atoms with Crippen molar-refractivity contribution in [2.45, 2.75) is 45.6 Å². The van der Waals surface area contributed by atoms with Gasteiger partial charge in [-0.15, -0.1) is 0 Å². The summed E-state index contributed by atoms with van der Waals surface area (Å²) >= 11 is 0. The zero-order valence-electron chi connectivity index (χ0n) is 12.1. The van der Waals surface area contributed by atoms with E-state index in [4.69, 9.17) is 4.74 Å². The van der Waals surface area contributed by atoms with Crippen molar-refractivity contribution in [3.63, 3.8) is 0 Å². The molecule has 4 heteroatoms. The summed E-state index contributed by atoms with van der Waals surface area (Å²) in [5, 5.41) is 7.51. The summed E-state index contributed by atoms with van der Waals surface area (Å²) in [6.07, 6.45) is 5.06. The van der Waals surface area contributed by atoms with Gasteiger partial charge in [-0.25, -0.2) is 0 Å². The summed E-state index contributed by atoms with van der Waals surface area (Å²) in [6.45, 7) is 8.66. The highest BCUT2D eigenvalue weighted by Crippen LogP contribution is 2.36. The predicted octanol–water partition coefficient (Wildman–Crippen LogP) is 2.59. The van der Waals surface area contributed by atoms with Crippen LogP contribution in [-0.2, 0) is 4.74 Å². The van der Waals surface area contributed by atoms with E-state index in [2.05, 4.69) is 28.9 Å². The molecule has 0 amide bonds. The van der Waals surface area contributed by atoms with Gasteiger partial charge >= 0.3 is 0 Å². The van der Waals surface area contributed by atoms with Crippen LogP contribution in [0.1, 0.15) is 48.7 Å². The van der Waals surface area contributed by atoms with E-state index in [0.29, 0.717) is 6.04 Å². The molecule has 0 bridgehead atoms. The quantitative estimate of drug-likeness (QED) is 0.911. The van der Waals surface area contributed by atoms with E-state index in [1.807, 2.05) is 0 Å². The normalized spacial score (nSPS) is 26.1. The Morgan fingerprint density at radius 1 is 1.26 bits per heavy atom. The topological polar surface area (TPSA) is 41.2 Å². The predicted molar refractivity (Wildman–Crippen MR) is 75.2 cm³/mol. The molecule has 2 aliphatic rings. The molecule has 19 heavy (non-hydrogen) atoms. The highest BCUT2D eigenvalue weighted by atomic mass is 16.5. The molecule has 106 valence electrons. The number of aromatic amines is 1. The molecule has 1 N–H and O–H groups in total. The molecule has 3 heterocycles. The molecule has 1 aromatic heterocycles. The lowest BCUT2D eigenvalue weighted by Gasteiger charge is -2.31. The van der Waals surface area contributed by atoms with Crippen molar-refractivity contribution in [3.8, 4) is 0 Å². The van der Waals surface area contributed by atoms with Crippen LogP contribution in [0.25, 0.3) is 0 Å². The average Bonchev–Trinajstić information content (AvgIpc) is 2.98. The summed E-state index contributed by atoms with van der Waals surface area (Å²) in [7, 11) is 0. The smallest absolute Gasteiger partial charge is 0.0641 e. The fourth-order valence-electron chi connectivity index (χ4n) is 3.68. The molecule has 1 atom stereocenters. The second-order valence-corrected chi connectivity index (χ2v) is 6.06. The summed E-state index contributed by atoms with van der Waals surface area (Å²) in [4.78, 5) is 2.68. The van der Waals surface area contributed by atoms with Crippen molar-refractivity contribution in [1.82, 2.24) is 15.1 Å². The standard InChI is InChI=1S/C15H25N3O/c1-11-15(12(2)17-16-11)14-4-3-7-18(14)10-13-5-8-19-9-6-13/h13-14H,3-10H2,1-2H3,(H,16,17). The van der Waals surface area contributed by atoms with E-state index in [9.17, 15) is 0 Å². The van der Waals surface area contributed by atoms with E-state index in [1.54, 1.807) is 0 Å². The van der Waals surface area contributed by atoms with E-state index in [-0.39, 0.29) is 0 Å². The van der Waals surface area contributed by atoms with Crippen LogP contribution in [0.4, 0.5) is 0 Å². The van der Waals surface area contributed by atoms with Gasteiger partial charge in [-0.05, 0) is 52.0 Å². The van der Waals surface area contributed by atoms with Crippen molar-refractivity contribution >= 4 is 0 Å². The van der Waals surface area contributed by atoms with Crippen LogP contribution in [0.3, 0.4) is 0 Å². The molecular formula is C15H25N3O. The molecule has 3 rings (SSSR count). The molecule has 0 saturated carbocycles. The second kappa shape index (κ2) is 5.63. The lowest BCUT2D eigenvalue weighted by molar-refractivity contribution is 0.0505. The third kappa shape index (κ3) is 2.70. The number of aryl methyl sites for hydroxylation is 2. The number of nitrogens with zero attached hydrogens (tertiary/aromatic N) is 2. The van der Waals surface area contributed by atoms with Crippen LogP contribution in [0.15, 0.2) is 0 Å². The Morgan fingerprint density at radius 3 is 2.74 bits per heavy atom. The molecule has 0 aliphatic carbocycles. The van der Waals surface area contributed by atoms with Crippen LogP contribution < -0.4 is 0 Å². The molecule has 1 aromatic rings. The summed E-state index contributed by atoms with van der Waals surface area (Å²) in [6, 6.07) is 0.585. The molecule has 4 nitrogen and oxygen atoms in total. The third-order valence-electron chi connectivity index (χ3n) is 4.72. The molecule has 0 radical (unpaired) electrons. The van der Waals surface area contributed by atoms with Crippen molar-refractivity contribution in [3.05, 3.63) is 17.0 Å².